The molecule has 1 aliphatic heterocycles. The Morgan fingerprint density at radius 3 is 2.68 bits per heavy atom. The lowest BCUT2D eigenvalue weighted by molar-refractivity contribution is 0.0269. The van der Waals surface area contributed by atoms with Crippen molar-refractivity contribution in [3.05, 3.63) is 18.0 Å². The number of piperidine rings is 1. The Kier molecular flexibility index (Phi) is 3.89. The number of aryl methyl sites for hydroxylation is 1. The van der Waals surface area contributed by atoms with Crippen LogP contribution in [-0.2, 0) is 17.8 Å². The lowest BCUT2D eigenvalue weighted by atomic mass is 10.2. The molecule has 1 amide bonds. The van der Waals surface area contributed by atoms with Crippen LogP contribution in [0.25, 0.3) is 0 Å². The van der Waals surface area contributed by atoms with Crippen LogP contribution in [0.15, 0.2) is 12.3 Å². The van der Waals surface area contributed by atoms with E-state index in [1.807, 2.05) is 36.5 Å². The Bertz CT molecular complexity index is 537. The number of carbonyl (C=O) groups is 1. The van der Waals surface area contributed by atoms with Gasteiger partial charge in [0.15, 0.2) is 0 Å². The number of fused-ring (bicyclic) bond motifs is 1. The van der Waals surface area contributed by atoms with E-state index >= 15 is 0 Å². The van der Waals surface area contributed by atoms with Crippen LogP contribution in [-0.4, -0.2) is 45.5 Å². The molecule has 1 aromatic rings. The smallest absolute Gasteiger partial charge is 0.410 e. The minimum atomic E-state index is -0.417. The van der Waals surface area contributed by atoms with Gasteiger partial charge < -0.3 is 15.0 Å². The molecule has 1 N–H and O–H groups in total. The fourth-order valence-corrected chi connectivity index (χ4v) is 3.32. The predicted octanol–water partition coefficient (Wildman–Crippen LogP) is 1.86. The van der Waals surface area contributed by atoms with Gasteiger partial charge in [0.25, 0.3) is 0 Å². The van der Waals surface area contributed by atoms with Crippen molar-refractivity contribution in [2.75, 3.05) is 13.1 Å². The molecule has 2 fully saturated rings. The lowest BCUT2D eigenvalue weighted by Gasteiger charge is -2.26. The van der Waals surface area contributed by atoms with Gasteiger partial charge in [0.2, 0.25) is 0 Å². The Hall–Kier alpha value is -1.56. The van der Waals surface area contributed by atoms with Gasteiger partial charge in [-0.2, -0.15) is 5.10 Å². The third-order valence-electron chi connectivity index (χ3n) is 4.47. The molecule has 1 aromatic heterocycles. The van der Waals surface area contributed by atoms with E-state index in [2.05, 4.69) is 23.4 Å². The molecule has 6 nitrogen and oxygen atoms in total. The molecule has 2 heterocycles. The van der Waals surface area contributed by atoms with Crippen LogP contribution in [0.3, 0.4) is 0 Å². The van der Waals surface area contributed by atoms with Gasteiger partial charge in [0.05, 0.1) is 5.69 Å². The van der Waals surface area contributed by atoms with Crippen LogP contribution < -0.4 is 5.32 Å². The van der Waals surface area contributed by atoms with Gasteiger partial charge >= 0.3 is 6.09 Å². The number of hydrogen-bond acceptors (Lipinski definition) is 4. The lowest BCUT2D eigenvalue weighted by Crippen LogP contribution is -2.39. The molecule has 0 radical (unpaired) electrons. The number of nitrogens with one attached hydrogen (secondary N) is 1. The minimum absolute atomic E-state index is 0.178. The highest BCUT2D eigenvalue weighted by Gasteiger charge is 2.56. The summed E-state index contributed by atoms with van der Waals surface area (Å²) in [6, 6.07) is 2.58. The van der Waals surface area contributed by atoms with Gasteiger partial charge in [0, 0.05) is 38.4 Å². The van der Waals surface area contributed by atoms with Crippen molar-refractivity contribution in [1.29, 1.82) is 0 Å². The molecule has 22 heavy (non-hydrogen) atoms. The van der Waals surface area contributed by atoms with E-state index in [0.29, 0.717) is 17.9 Å². The van der Waals surface area contributed by atoms with Crippen LogP contribution in [0.1, 0.15) is 33.4 Å². The van der Waals surface area contributed by atoms with Crippen molar-refractivity contribution >= 4 is 6.09 Å². The van der Waals surface area contributed by atoms with Gasteiger partial charge in [-0.15, -0.1) is 0 Å². The fraction of sp³-hybridized carbons (Fsp3) is 0.750. The summed E-state index contributed by atoms with van der Waals surface area (Å²) in [6.07, 6.45) is 1.67. The predicted molar refractivity (Wildman–Crippen MR) is 83.3 cm³/mol. The zero-order valence-corrected chi connectivity index (χ0v) is 13.9. The zero-order chi connectivity index (χ0) is 15.9. The maximum absolute atomic E-state index is 12.0. The number of likely N-dealkylation sites (tertiary alicyclic amines) is 1. The van der Waals surface area contributed by atoms with Gasteiger partial charge in [-0.05, 0) is 45.6 Å². The highest BCUT2D eigenvalue weighted by molar-refractivity contribution is 5.69. The molecule has 1 saturated carbocycles. The van der Waals surface area contributed by atoms with Crippen LogP contribution in [0.4, 0.5) is 4.79 Å². The summed E-state index contributed by atoms with van der Waals surface area (Å²) in [7, 11) is 0. The summed E-state index contributed by atoms with van der Waals surface area (Å²) in [6.45, 7) is 11.2. The Balaban J connectivity index is 1.44. The molecule has 0 aromatic carbocycles. The van der Waals surface area contributed by atoms with Gasteiger partial charge in [0.1, 0.15) is 5.60 Å². The second-order valence-electron chi connectivity index (χ2n) is 7.26. The van der Waals surface area contributed by atoms with Crippen molar-refractivity contribution in [2.24, 2.45) is 11.8 Å². The number of nitrogens with zero attached hydrogens (tertiary/aromatic N) is 3. The van der Waals surface area contributed by atoms with E-state index in [1.54, 1.807) is 0 Å². The van der Waals surface area contributed by atoms with Gasteiger partial charge in [-0.1, -0.05) is 0 Å². The first kappa shape index (κ1) is 15.3. The molecule has 2 unspecified atom stereocenters. The van der Waals surface area contributed by atoms with Gasteiger partial charge in [-0.3, -0.25) is 4.68 Å². The summed E-state index contributed by atoms with van der Waals surface area (Å²) >= 11 is 0. The van der Waals surface area contributed by atoms with Gasteiger partial charge in [-0.25, -0.2) is 4.79 Å². The van der Waals surface area contributed by atoms with E-state index in [4.69, 9.17) is 4.74 Å². The van der Waals surface area contributed by atoms with Crippen molar-refractivity contribution in [2.45, 2.75) is 52.4 Å². The molecule has 0 spiro atoms. The van der Waals surface area contributed by atoms with Crippen LogP contribution in [0.2, 0.25) is 0 Å². The number of hydrogen-bond donors (Lipinski definition) is 1. The fourth-order valence-electron chi connectivity index (χ4n) is 3.32. The van der Waals surface area contributed by atoms with E-state index in [1.165, 1.54) is 5.69 Å². The Morgan fingerprint density at radius 1 is 1.41 bits per heavy atom. The second-order valence-corrected chi connectivity index (χ2v) is 7.26. The minimum Gasteiger partial charge on any atom is -0.444 e. The van der Waals surface area contributed by atoms with E-state index in [9.17, 15) is 4.79 Å². The van der Waals surface area contributed by atoms with Crippen molar-refractivity contribution in [3.63, 3.8) is 0 Å². The second kappa shape index (κ2) is 5.57. The van der Waals surface area contributed by atoms with E-state index < -0.39 is 5.60 Å². The molecule has 0 bridgehead atoms. The van der Waals surface area contributed by atoms with Crippen LogP contribution in [0.5, 0.6) is 0 Å². The highest BCUT2D eigenvalue weighted by Crippen LogP contribution is 2.45. The zero-order valence-electron chi connectivity index (χ0n) is 13.9. The summed E-state index contributed by atoms with van der Waals surface area (Å²) in [5.74, 6) is 1.15. The average Bonchev–Trinajstić information content (AvgIpc) is 2.85. The summed E-state index contributed by atoms with van der Waals surface area (Å²) in [4.78, 5) is 13.9. The molecule has 2 aliphatic rings. The molecule has 1 saturated heterocycles. The summed E-state index contributed by atoms with van der Waals surface area (Å²) < 4.78 is 7.44. The largest absolute Gasteiger partial charge is 0.444 e. The topological polar surface area (TPSA) is 59.4 Å². The van der Waals surface area contributed by atoms with Crippen molar-refractivity contribution in [1.82, 2.24) is 20.0 Å². The number of aromatic nitrogens is 2. The standard InChI is InChI=1S/C16H26N4O2/c1-5-20-11(6-7-18-20)8-17-14-12-9-19(10-13(12)14)15(21)22-16(2,3)4/h6-7,12-14,17H,5,8-10H2,1-4H3. The SMILES string of the molecule is CCn1nccc1CNC1C2CN(C(=O)OC(C)(C)C)CC21. The molecule has 3 rings (SSSR count). The molecular weight excluding hydrogens is 280 g/mol. The third-order valence-corrected chi connectivity index (χ3v) is 4.47. The van der Waals surface area contributed by atoms with Crippen molar-refractivity contribution in [3.8, 4) is 0 Å². The van der Waals surface area contributed by atoms with Crippen LogP contribution in [0, 0.1) is 11.8 Å². The average molecular weight is 306 g/mol. The monoisotopic (exact) mass is 306 g/mol. The first-order valence-corrected chi connectivity index (χ1v) is 8.11. The first-order valence-electron chi connectivity index (χ1n) is 8.11. The van der Waals surface area contributed by atoms with E-state index in [0.717, 1.165) is 26.2 Å². The van der Waals surface area contributed by atoms with E-state index in [-0.39, 0.29) is 6.09 Å². The molecule has 6 heteroatoms. The highest BCUT2D eigenvalue weighted by atomic mass is 16.6. The third kappa shape index (κ3) is 3.11. The molecular formula is C16H26N4O2. The maximum atomic E-state index is 12.0. The first-order chi connectivity index (χ1) is 10.4. The maximum Gasteiger partial charge on any atom is 0.410 e. The number of ether oxygens (including phenoxy) is 1. The quantitative estimate of drug-likeness (QED) is 0.922. The molecule has 1 aliphatic carbocycles. The molecule has 2 atom stereocenters. The number of amides is 1. The summed E-state index contributed by atoms with van der Waals surface area (Å²) in [5, 5.41) is 7.89. The number of rotatable bonds is 4. The number of carbonyl (C=O) groups excluding carboxylic acids is 1. The molecule has 122 valence electrons. The Morgan fingerprint density at radius 2 is 2.09 bits per heavy atom. The van der Waals surface area contributed by atoms with Crippen molar-refractivity contribution < 1.29 is 9.53 Å². The Labute approximate surface area is 131 Å². The van der Waals surface area contributed by atoms with Crippen LogP contribution >= 0.6 is 0 Å². The summed E-state index contributed by atoms with van der Waals surface area (Å²) in [5.41, 5.74) is 0.802. The normalized spacial score (nSPS) is 26.9.